The maximum Gasteiger partial charge on any atom is 0.255 e. The Morgan fingerprint density at radius 3 is 2.47 bits per heavy atom. The summed E-state index contributed by atoms with van der Waals surface area (Å²) in [5.74, 6) is 0.609. The average molecular weight is 510 g/mol. The fourth-order valence-corrected chi connectivity index (χ4v) is 6.85. The molecule has 0 radical (unpaired) electrons. The predicted molar refractivity (Wildman–Crippen MR) is 148 cm³/mol. The Bertz CT molecular complexity index is 1310. The number of hydrogen-bond acceptors (Lipinski definition) is 4. The van der Waals surface area contributed by atoms with E-state index in [0.717, 1.165) is 44.3 Å². The second-order valence-electron chi connectivity index (χ2n) is 10.7. The van der Waals surface area contributed by atoms with Gasteiger partial charge in [-0.1, -0.05) is 73.5 Å². The third-order valence-electron chi connectivity index (χ3n) is 8.66. The Labute approximate surface area is 224 Å². The van der Waals surface area contributed by atoms with E-state index in [1.807, 2.05) is 18.2 Å². The van der Waals surface area contributed by atoms with Crippen LogP contribution in [0.3, 0.4) is 0 Å². The van der Waals surface area contributed by atoms with Gasteiger partial charge in [0.25, 0.3) is 5.91 Å². The van der Waals surface area contributed by atoms with E-state index in [2.05, 4.69) is 64.1 Å². The topological polar surface area (TPSA) is 70.7 Å². The van der Waals surface area contributed by atoms with Gasteiger partial charge in [0.15, 0.2) is 0 Å². The lowest BCUT2D eigenvalue weighted by Crippen LogP contribution is -2.50. The number of hydrogen-bond donors (Lipinski definition) is 2. The molecule has 2 N–H and O–H groups in total. The summed E-state index contributed by atoms with van der Waals surface area (Å²) < 4.78 is 5.41. The molecule has 0 bridgehead atoms. The molecule has 6 heteroatoms. The van der Waals surface area contributed by atoms with Crippen LogP contribution in [0.15, 0.2) is 78.9 Å². The molecule has 2 amide bonds. The molecule has 3 aromatic carbocycles. The first kappa shape index (κ1) is 24.5. The SMILES string of the molecule is COc1ccccc1C(=O)N[C@@H]1CCCC[C@@H]1C(=O)N1CC[C@@H]2[C@H](c3ccccc3)Nc3ccccc3[C@@H]21. The Morgan fingerprint density at radius 1 is 0.895 bits per heavy atom. The molecule has 0 spiro atoms. The highest BCUT2D eigenvalue weighted by Crippen LogP contribution is 2.51. The van der Waals surface area contributed by atoms with E-state index in [4.69, 9.17) is 4.74 Å². The van der Waals surface area contributed by atoms with Crippen molar-refractivity contribution in [2.45, 2.75) is 50.2 Å². The number of nitrogens with one attached hydrogen (secondary N) is 2. The molecule has 1 saturated carbocycles. The number of rotatable bonds is 5. The van der Waals surface area contributed by atoms with E-state index in [1.54, 1.807) is 19.2 Å². The smallest absolute Gasteiger partial charge is 0.255 e. The highest BCUT2D eigenvalue weighted by Gasteiger charge is 2.48. The van der Waals surface area contributed by atoms with Crippen molar-refractivity contribution in [3.63, 3.8) is 0 Å². The van der Waals surface area contributed by atoms with Gasteiger partial charge in [-0.05, 0) is 48.6 Å². The maximum atomic E-state index is 14.3. The van der Waals surface area contributed by atoms with Crippen molar-refractivity contribution in [3.8, 4) is 5.75 Å². The molecular formula is C32H35N3O3. The van der Waals surface area contributed by atoms with Crippen LogP contribution in [0.2, 0.25) is 0 Å². The molecular weight excluding hydrogens is 474 g/mol. The van der Waals surface area contributed by atoms with E-state index in [1.165, 1.54) is 11.1 Å². The molecule has 6 nitrogen and oxygen atoms in total. The van der Waals surface area contributed by atoms with Crippen LogP contribution in [0.5, 0.6) is 5.75 Å². The monoisotopic (exact) mass is 509 g/mol. The van der Waals surface area contributed by atoms with E-state index in [9.17, 15) is 9.59 Å². The third-order valence-corrected chi connectivity index (χ3v) is 8.66. The zero-order valence-corrected chi connectivity index (χ0v) is 21.8. The summed E-state index contributed by atoms with van der Waals surface area (Å²) in [6.45, 7) is 0.733. The van der Waals surface area contributed by atoms with Crippen LogP contribution >= 0.6 is 0 Å². The number of likely N-dealkylation sites (tertiary alicyclic amines) is 1. The fourth-order valence-electron chi connectivity index (χ4n) is 6.85. The van der Waals surface area contributed by atoms with E-state index in [-0.39, 0.29) is 35.9 Å². The van der Waals surface area contributed by atoms with Crippen LogP contribution in [0.25, 0.3) is 0 Å². The Hall–Kier alpha value is -3.80. The summed E-state index contributed by atoms with van der Waals surface area (Å²) >= 11 is 0. The van der Waals surface area contributed by atoms with Crippen molar-refractivity contribution >= 4 is 17.5 Å². The third kappa shape index (κ3) is 4.42. The molecule has 2 fully saturated rings. The zero-order chi connectivity index (χ0) is 26.1. The van der Waals surface area contributed by atoms with Gasteiger partial charge in [0.1, 0.15) is 5.75 Å². The van der Waals surface area contributed by atoms with Crippen molar-refractivity contribution in [1.29, 1.82) is 0 Å². The molecule has 0 unspecified atom stereocenters. The van der Waals surface area contributed by atoms with Gasteiger partial charge in [0.05, 0.1) is 30.7 Å². The van der Waals surface area contributed by atoms with Crippen molar-refractivity contribution in [2.24, 2.45) is 11.8 Å². The van der Waals surface area contributed by atoms with Crippen LogP contribution in [-0.2, 0) is 4.79 Å². The van der Waals surface area contributed by atoms with Gasteiger partial charge >= 0.3 is 0 Å². The highest BCUT2D eigenvalue weighted by molar-refractivity contribution is 5.97. The van der Waals surface area contributed by atoms with Gasteiger partial charge in [0, 0.05) is 24.2 Å². The molecule has 38 heavy (non-hydrogen) atoms. The summed E-state index contributed by atoms with van der Waals surface area (Å²) in [6.07, 6.45) is 4.57. The molecule has 2 aliphatic heterocycles. The first-order valence-electron chi connectivity index (χ1n) is 13.8. The van der Waals surface area contributed by atoms with Crippen LogP contribution in [-0.4, -0.2) is 36.4 Å². The lowest BCUT2D eigenvalue weighted by molar-refractivity contribution is -0.138. The number of nitrogens with zero attached hydrogens (tertiary/aromatic N) is 1. The quantitative estimate of drug-likeness (QED) is 0.460. The van der Waals surface area contributed by atoms with Crippen molar-refractivity contribution in [1.82, 2.24) is 10.2 Å². The van der Waals surface area contributed by atoms with E-state index < -0.39 is 0 Å². The zero-order valence-electron chi connectivity index (χ0n) is 21.8. The summed E-state index contributed by atoms with van der Waals surface area (Å²) in [5.41, 5.74) is 4.06. The summed E-state index contributed by atoms with van der Waals surface area (Å²) in [6, 6.07) is 26.2. The number of methoxy groups -OCH3 is 1. The summed E-state index contributed by atoms with van der Waals surface area (Å²) in [5, 5.41) is 6.99. The lowest BCUT2D eigenvalue weighted by atomic mass is 9.79. The number of amides is 2. The standard InChI is InChI=1S/C32H35N3O3/c1-38-28-18-10-7-15-24(28)31(36)34-27-17-9-6-14-23(27)32(37)35-20-19-25-29(21-11-3-2-4-12-21)33-26-16-8-5-13-22(26)30(25)35/h2-5,7-8,10-13,15-16,18,23,25,27,29-30,33H,6,9,14,17,19-20H2,1H3,(H,34,36)/t23-,25+,27+,29-,30-/m0/s1. The number of fused-ring (bicyclic) bond motifs is 3. The summed E-state index contributed by atoms with van der Waals surface area (Å²) in [7, 11) is 1.57. The van der Waals surface area contributed by atoms with E-state index >= 15 is 0 Å². The van der Waals surface area contributed by atoms with Crippen molar-refractivity contribution < 1.29 is 14.3 Å². The number of ether oxygens (including phenoxy) is 1. The number of carbonyl (C=O) groups excluding carboxylic acids is 2. The van der Waals surface area contributed by atoms with Crippen LogP contribution in [0.1, 0.15) is 65.7 Å². The molecule has 3 aliphatic rings. The number of benzene rings is 3. The minimum Gasteiger partial charge on any atom is -0.496 e. The highest BCUT2D eigenvalue weighted by atomic mass is 16.5. The Balaban J connectivity index is 1.27. The molecule has 2 heterocycles. The molecule has 1 aliphatic carbocycles. The van der Waals surface area contributed by atoms with Crippen molar-refractivity contribution in [2.75, 3.05) is 19.0 Å². The first-order chi connectivity index (χ1) is 18.7. The molecule has 5 atom stereocenters. The molecule has 196 valence electrons. The number of carbonyl (C=O) groups is 2. The first-order valence-corrected chi connectivity index (χ1v) is 13.8. The predicted octanol–water partition coefficient (Wildman–Crippen LogP) is 5.74. The van der Waals surface area contributed by atoms with Gasteiger partial charge in [-0.3, -0.25) is 9.59 Å². The van der Waals surface area contributed by atoms with Gasteiger partial charge in [0.2, 0.25) is 5.91 Å². The van der Waals surface area contributed by atoms with Crippen LogP contribution < -0.4 is 15.4 Å². The Morgan fingerprint density at radius 2 is 1.63 bits per heavy atom. The second-order valence-corrected chi connectivity index (χ2v) is 10.7. The minimum absolute atomic E-state index is 0.0256. The van der Waals surface area contributed by atoms with Gasteiger partial charge in [-0.2, -0.15) is 0 Å². The maximum absolute atomic E-state index is 14.3. The van der Waals surface area contributed by atoms with Crippen LogP contribution in [0.4, 0.5) is 5.69 Å². The minimum atomic E-state index is -0.224. The van der Waals surface area contributed by atoms with Crippen LogP contribution in [0, 0.1) is 11.8 Å². The van der Waals surface area contributed by atoms with Crippen molar-refractivity contribution in [3.05, 3.63) is 95.6 Å². The largest absolute Gasteiger partial charge is 0.496 e. The lowest BCUT2D eigenvalue weighted by Gasteiger charge is -2.42. The second kappa shape index (κ2) is 10.5. The Kier molecular flexibility index (Phi) is 6.79. The van der Waals surface area contributed by atoms with E-state index in [0.29, 0.717) is 17.2 Å². The average Bonchev–Trinajstić information content (AvgIpc) is 3.43. The number of para-hydroxylation sites is 2. The molecule has 1 saturated heterocycles. The van der Waals surface area contributed by atoms with Gasteiger partial charge in [-0.25, -0.2) is 0 Å². The molecule has 6 rings (SSSR count). The van der Waals surface area contributed by atoms with Gasteiger partial charge < -0.3 is 20.3 Å². The van der Waals surface area contributed by atoms with Gasteiger partial charge in [-0.15, -0.1) is 0 Å². The number of anilines is 1. The molecule has 0 aromatic heterocycles. The summed E-state index contributed by atoms with van der Waals surface area (Å²) in [4.78, 5) is 29.7. The normalized spacial score (nSPS) is 26.0. The molecule has 3 aromatic rings. The fraction of sp³-hybridized carbons (Fsp3) is 0.375.